The predicted molar refractivity (Wildman–Crippen MR) is 119 cm³/mol. The molecule has 0 unspecified atom stereocenters. The minimum atomic E-state index is -0.705. The molecule has 29 heavy (non-hydrogen) atoms. The van der Waals surface area contributed by atoms with Crippen LogP contribution in [0.4, 0.5) is 16.2 Å². The number of carbonyl (C=O) groups is 1. The van der Waals surface area contributed by atoms with Crippen LogP contribution in [0.15, 0.2) is 76.5 Å². The third-order valence-electron chi connectivity index (χ3n) is 4.07. The highest BCUT2D eigenvalue weighted by atomic mass is 79.9. The van der Waals surface area contributed by atoms with Crippen LogP contribution in [0.2, 0.25) is 10.0 Å². The van der Waals surface area contributed by atoms with Crippen LogP contribution in [-0.4, -0.2) is 11.1 Å². The highest BCUT2D eigenvalue weighted by Gasteiger charge is 2.26. The Balaban J connectivity index is 2.05. The monoisotopic (exact) mass is 493 g/mol. The molecule has 2 amide bonds. The van der Waals surface area contributed by atoms with Crippen LogP contribution in [0.1, 0.15) is 5.56 Å². The number of urea groups is 1. The zero-order valence-corrected chi connectivity index (χ0v) is 17.9. The smallest absolute Gasteiger partial charge is 0.352 e. The summed E-state index contributed by atoms with van der Waals surface area (Å²) in [5, 5.41) is 14.3. The van der Waals surface area contributed by atoms with Gasteiger partial charge in [-0.1, -0.05) is 57.3 Å². The van der Waals surface area contributed by atoms with Gasteiger partial charge in [-0.25, -0.2) is 4.79 Å². The quantitative estimate of drug-likeness (QED) is 0.314. The SMILES string of the molecule is O=NN(C(=O)N(Cc1cc(Cl)cc(Cl)c1O)c1ccc(Br)cc1)c1ccccc1. The van der Waals surface area contributed by atoms with Gasteiger partial charge in [-0.3, -0.25) is 4.90 Å². The van der Waals surface area contributed by atoms with Crippen molar-refractivity contribution in [2.24, 2.45) is 5.29 Å². The van der Waals surface area contributed by atoms with Crippen LogP contribution < -0.4 is 9.91 Å². The van der Waals surface area contributed by atoms with Gasteiger partial charge >= 0.3 is 6.03 Å². The number of anilines is 2. The summed E-state index contributed by atoms with van der Waals surface area (Å²) in [5.74, 6) is -0.198. The van der Waals surface area contributed by atoms with Crippen molar-refractivity contribution in [3.05, 3.63) is 91.7 Å². The van der Waals surface area contributed by atoms with Crippen molar-refractivity contribution >= 4 is 56.5 Å². The number of amides is 2. The van der Waals surface area contributed by atoms with Crippen molar-refractivity contribution in [1.29, 1.82) is 0 Å². The van der Waals surface area contributed by atoms with Crippen LogP contribution >= 0.6 is 39.1 Å². The Morgan fingerprint density at radius 2 is 1.66 bits per heavy atom. The fraction of sp³-hybridized carbons (Fsp3) is 0.0500. The number of nitroso groups, excluding NO2 is 1. The average Bonchev–Trinajstić information content (AvgIpc) is 2.71. The van der Waals surface area contributed by atoms with Crippen LogP contribution in [0, 0.1) is 4.91 Å². The molecule has 0 aliphatic carbocycles. The molecule has 0 bridgehead atoms. The maximum atomic E-state index is 13.2. The van der Waals surface area contributed by atoms with Crippen molar-refractivity contribution in [2.45, 2.75) is 6.54 Å². The molecule has 0 heterocycles. The van der Waals surface area contributed by atoms with E-state index in [-0.39, 0.29) is 17.3 Å². The lowest BCUT2D eigenvalue weighted by atomic mass is 10.1. The molecule has 0 spiro atoms. The summed E-state index contributed by atoms with van der Waals surface area (Å²) in [4.78, 5) is 26.0. The normalized spacial score (nSPS) is 10.4. The molecule has 0 atom stereocenters. The lowest BCUT2D eigenvalue weighted by Crippen LogP contribution is -2.40. The first kappa shape index (κ1) is 21.1. The second-order valence-corrected chi connectivity index (χ2v) is 7.73. The number of halogens is 3. The molecule has 3 aromatic carbocycles. The summed E-state index contributed by atoms with van der Waals surface area (Å²) in [6.07, 6.45) is 0. The first-order valence-corrected chi connectivity index (χ1v) is 9.88. The number of rotatable bonds is 5. The van der Waals surface area contributed by atoms with E-state index < -0.39 is 6.03 Å². The second kappa shape index (κ2) is 9.26. The Kier molecular flexibility index (Phi) is 6.74. The largest absolute Gasteiger partial charge is 0.506 e. The van der Waals surface area contributed by atoms with Gasteiger partial charge in [0.2, 0.25) is 0 Å². The molecule has 0 saturated heterocycles. The number of aromatic hydroxyl groups is 1. The summed E-state index contributed by atoms with van der Waals surface area (Å²) in [6.45, 7) is -0.0918. The Hall–Kier alpha value is -2.61. The molecule has 9 heteroatoms. The number of phenols is 1. The molecule has 0 saturated carbocycles. The van der Waals surface area contributed by atoms with E-state index in [0.717, 1.165) is 9.48 Å². The standard InChI is InChI=1S/C20H14BrCl2N3O3/c21-14-6-8-16(9-7-14)25(12-13-10-15(22)11-18(23)19(13)27)20(28)26(24-29)17-4-2-1-3-5-17/h1-11,27H,12H2. The van der Waals surface area contributed by atoms with Gasteiger partial charge in [-0.2, -0.15) is 0 Å². The summed E-state index contributed by atoms with van der Waals surface area (Å²) in [6, 6.07) is 17.4. The Labute approximate surface area is 185 Å². The third-order valence-corrected chi connectivity index (χ3v) is 5.10. The number of para-hydroxylation sites is 1. The molecule has 0 radical (unpaired) electrons. The van der Waals surface area contributed by atoms with Gasteiger partial charge in [0.15, 0.2) is 0 Å². The fourth-order valence-corrected chi connectivity index (χ4v) is 3.48. The van der Waals surface area contributed by atoms with Crippen molar-refractivity contribution < 1.29 is 9.90 Å². The first-order chi connectivity index (χ1) is 13.9. The summed E-state index contributed by atoms with van der Waals surface area (Å²) in [5.41, 5.74) is 1.11. The molecule has 3 rings (SSSR count). The highest BCUT2D eigenvalue weighted by Crippen LogP contribution is 2.33. The van der Waals surface area contributed by atoms with Gasteiger partial charge in [-0.15, -0.1) is 9.92 Å². The van der Waals surface area contributed by atoms with E-state index in [1.54, 1.807) is 54.6 Å². The third kappa shape index (κ3) is 4.87. The topological polar surface area (TPSA) is 73.2 Å². The van der Waals surface area contributed by atoms with E-state index in [2.05, 4.69) is 21.2 Å². The van der Waals surface area contributed by atoms with Gasteiger partial charge in [0.05, 0.1) is 22.5 Å². The Morgan fingerprint density at radius 3 is 2.28 bits per heavy atom. The van der Waals surface area contributed by atoms with Gasteiger partial charge in [0, 0.05) is 20.7 Å². The number of hydrogen-bond acceptors (Lipinski definition) is 4. The molecular weight excluding hydrogens is 481 g/mol. The molecule has 0 aliphatic rings. The Bertz CT molecular complexity index is 1030. The maximum absolute atomic E-state index is 13.2. The number of benzene rings is 3. The van der Waals surface area contributed by atoms with Crippen molar-refractivity contribution in [3.63, 3.8) is 0 Å². The van der Waals surface area contributed by atoms with E-state index in [1.807, 2.05) is 0 Å². The minimum absolute atomic E-state index is 0.0594. The average molecular weight is 495 g/mol. The van der Waals surface area contributed by atoms with Crippen molar-refractivity contribution in [2.75, 3.05) is 9.91 Å². The fourth-order valence-electron chi connectivity index (χ4n) is 2.68. The zero-order chi connectivity index (χ0) is 21.0. The number of nitrogens with zero attached hydrogens (tertiary/aromatic N) is 3. The molecule has 0 aliphatic heterocycles. The number of phenolic OH excluding ortho intramolecular Hbond substituents is 1. The first-order valence-electron chi connectivity index (χ1n) is 8.33. The molecule has 1 N–H and O–H groups in total. The van der Waals surface area contributed by atoms with E-state index in [0.29, 0.717) is 22.0 Å². The van der Waals surface area contributed by atoms with Crippen LogP contribution in [0.3, 0.4) is 0 Å². The lowest BCUT2D eigenvalue weighted by molar-refractivity contribution is 0.251. The van der Waals surface area contributed by atoms with Crippen LogP contribution in [-0.2, 0) is 6.54 Å². The van der Waals surface area contributed by atoms with E-state index in [1.165, 1.54) is 17.0 Å². The lowest BCUT2D eigenvalue weighted by Gasteiger charge is -2.27. The Morgan fingerprint density at radius 1 is 1.00 bits per heavy atom. The molecule has 0 fully saturated rings. The van der Waals surface area contributed by atoms with Crippen molar-refractivity contribution in [1.82, 2.24) is 0 Å². The van der Waals surface area contributed by atoms with Crippen LogP contribution in [0.25, 0.3) is 0 Å². The minimum Gasteiger partial charge on any atom is -0.506 e. The molecule has 3 aromatic rings. The van der Waals surface area contributed by atoms with Crippen molar-refractivity contribution in [3.8, 4) is 5.75 Å². The van der Waals surface area contributed by atoms with Gasteiger partial charge < -0.3 is 5.11 Å². The molecule has 6 nitrogen and oxygen atoms in total. The second-order valence-electron chi connectivity index (χ2n) is 5.97. The molecule has 148 valence electrons. The maximum Gasteiger partial charge on any atom is 0.352 e. The number of carbonyl (C=O) groups excluding carboxylic acids is 1. The molecule has 0 aromatic heterocycles. The van der Waals surface area contributed by atoms with Gasteiger partial charge in [-0.05, 0) is 48.5 Å². The van der Waals surface area contributed by atoms with E-state index in [9.17, 15) is 14.8 Å². The highest BCUT2D eigenvalue weighted by molar-refractivity contribution is 9.10. The summed E-state index contributed by atoms with van der Waals surface area (Å²) < 4.78 is 0.815. The van der Waals surface area contributed by atoms with E-state index in [4.69, 9.17) is 23.2 Å². The van der Waals surface area contributed by atoms with Crippen LogP contribution in [0.5, 0.6) is 5.75 Å². The van der Waals surface area contributed by atoms with Gasteiger partial charge in [0.1, 0.15) is 5.75 Å². The number of hydrogen-bond donors (Lipinski definition) is 1. The summed E-state index contributed by atoms with van der Waals surface area (Å²) in [7, 11) is 0. The molecular formula is C20H14BrCl2N3O3. The predicted octanol–water partition coefficient (Wildman–Crippen LogP) is 6.78. The summed E-state index contributed by atoms with van der Waals surface area (Å²) >= 11 is 15.4. The van der Waals surface area contributed by atoms with E-state index >= 15 is 0 Å². The zero-order valence-electron chi connectivity index (χ0n) is 14.8. The van der Waals surface area contributed by atoms with Gasteiger partial charge in [0.25, 0.3) is 0 Å².